The quantitative estimate of drug-likeness (QED) is 0.209. The number of hydrogen-bond acceptors (Lipinski definition) is 11. The summed E-state index contributed by atoms with van der Waals surface area (Å²) >= 11 is 0. The lowest BCUT2D eigenvalue weighted by molar-refractivity contribution is -0.162. The monoisotopic (exact) mass is 649 g/mol. The number of nitrogens with one attached hydrogen (secondary N) is 1. The van der Waals surface area contributed by atoms with Crippen molar-refractivity contribution >= 4 is 25.3 Å². The maximum atomic E-state index is 16.7. The smallest absolute Gasteiger partial charge is 0.459 e. The normalized spacial score (nSPS) is 23.9. The predicted molar refractivity (Wildman–Crippen MR) is 161 cm³/mol. The van der Waals surface area contributed by atoms with E-state index in [1.54, 1.807) is 51.1 Å². The van der Waals surface area contributed by atoms with Crippen LogP contribution in [-0.4, -0.2) is 68.7 Å². The SMILES string of the molecule is Cc1ncnn2c([C@@H]3O[C@H](COP(=O)(N[C@@H](C)C(=O)OCC(C)(C)C)Oc4ccccc4)[C@@H](OC(=O)C(C)C)[C@@]3(C)F)cnc12. The van der Waals surface area contributed by atoms with Gasteiger partial charge in [0.05, 0.1) is 36.7 Å². The number of benzene rings is 1. The second kappa shape index (κ2) is 13.5. The highest BCUT2D eigenvalue weighted by Gasteiger charge is 2.59. The highest BCUT2D eigenvalue weighted by Crippen LogP contribution is 2.49. The van der Waals surface area contributed by atoms with Crippen LogP contribution >= 0.6 is 7.75 Å². The summed E-state index contributed by atoms with van der Waals surface area (Å²) in [6, 6.07) is 7.09. The van der Waals surface area contributed by atoms with E-state index in [0.29, 0.717) is 11.3 Å². The number of ether oxygens (including phenoxy) is 3. The van der Waals surface area contributed by atoms with Gasteiger partial charge in [-0.05, 0) is 38.3 Å². The molecule has 1 N–H and O–H groups in total. The van der Waals surface area contributed by atoms with E-state index in [1.807, 2.05) is 20.8 Å². The zero-order valence-corrected chi connectivity index (χ0v) is 27.6. The lowest BCUT2D eigenvalue weighted by Gasteiger charge is -2.28. The molecule has 3 aromatic rings. The van der Waals surface area contributed by atoms with Crippen LogP contribution in [0, 0.1) is 18.3 Å². The van der Waals surface area contributed by atoms with Crippen LogP contribution in [0.15, 0.2) is 42.9 Å². The predicted octanol–water partition coefficient (Wildman–Crippen LogP) is 4.94. The maximum absolute atomic E-state index is 16.7. The second-order valence-corrected chi connectivity index (χ2v) is 14.4. The minimum absolute atomic E-state index is 0.131. The van der Waals surface area contributed by atoms with Crippen LogP contribution in [0.5, 0.6) is 5.75 Å². The van der Waals surface area contributed by atoms with E-state index in [1.165, 1.54) is 30.9 Å². The molecule has 0 saturated carbocycles. The number of para-hydroxylation sites is 1. The topological polar surface area (TPSA) is 152 Å². The Kier molecular flexibility index (Phi) is 10.3. The molecule has 3 heterocycles. The van der Waals surface area contributed by atoms with Crippen LogP contribution in [-0.2, 0) is 32.9 Å². The Hall–Kier alpha value is -3.45. The molecular weight excluding hydrogens is 608 g/mol. The van der Waals surface area contributed by atoms with Gasteiger partial charge in [0.25, 0.3) is 0 Å². The van der Waals surface area contributed by atoms with Gasteiger partial charge in [0.2, 0.25) is 0 Å². The van der Waals surface area contributed by atoms with Crippen molar-refractivity contribution in [2.45, 2.75) is 85.4 Å². The number of hydrogen-bond donors (Lipinski definition) is 1. The van der Waals surface area contributed by atoms with Crippen LogP contribution in [0.2, 0.25) is 0 Å². The summed E-state index contributed by atoms with van der Waals surface area (Å²) < 4.78 is 61.0. The summed E-state index contributed by atoms with van der Waals surface area (Å²) in [7, 11) is -4.35. The number of carbonyl (C=O) groups excluding carboxylic acids is 2. The van der Waals surface area contributed by atoms with E-state index in [9.17, 15) is 14.2 Å². The van der Waals surface area contributed by atoms with Crippen molar-refractivity contribution in [3.8, 4) is 5.75 Å². The Bertz CT molecular complexity index is 1540. The molecule has 0 amide bonds. The largest absolute Gasteiger partial charge is 0.464 e. The van der Waals surface area contributed by atoms with Crippen molar-refractivity contribution in [1.29, 1.82) is 0 Å². The lowest BCUT2D eigenvalue weighted by Crippen LogP contribution is -2.44. The number of alkyl halides is 1. The third kappa shape index (κ3) is 8.23. The molecule has 13 nitrogen and oxygen atoms in total. The Labute approximate surface area is 261 Å². The first-order valence-electron chi connectivity index (χ1n) is 14.6. The average molecular weight is 650 g/mol. The molecule has 1 saturated heterocycles. The van der Waals surface area contributed by atoms with Gasteiger partial charge >= 0.3 is 19.7 Å². The number of imidazole rings is 1. The van der Waals surface area contributed by atoms with Gasteiger partial charge in [0.1, 0.15) is 30.3 Å². The molecule has 0 radical (unpaired) electrons. The van der Waals surface area contributed by atoms with Gasteiger partial charge in [-0.1, -0.05) is 52.8 Å². The molecule has 4 rings (SSSR count). The minimum atomic E-state index is -4.35. The second-order valence-electron chi connectivity index (χ2n) is 12.7. The van der Waals surface area contributed by atoms with Crippen LogP contribution in [0.1, 0.15) is 66.0 Å². The number of carbonyl (C=O) groups is 2. The minimum Gasteiger partial charge on any atom is -0.464 e. The molecule has 15 heteroatoms. The van der Waals surface area contributed by atoms with E-state index in [4.69, 9.17) is 23.3 Å². The summed E-state index contributed by atoms with van der Waals surface area (Å²) in [6.45, 7) is 13.0. The third-order valence-corrected chi connectivity index (χ3v) is 8.58. The molecule has 246 valence electrons. The third-order valence-electron chi connectivity index (χ3n) is 6.94. The summed E-state index contributed by atoms with van der Waals surface area (Å²) in [5, 5.41) is 6.82. The van der Waals surface area contributed by atoms with Crippen LogP contribution in [0.3, 0.4) is 0 Å². The molecule has 45 heavy (non-hydrogen) atoms. The molecular formula is C30H41FN5O8P. The van der Waals surface area contributed by atoms with Crippen LogP contribution in [0.25, 0.3) is 5.65 Å². The number of esters is 2. The lowest BCUT2D eigenvalue weighted by atomic mass is 9.93. The van der Waals surface area contributed by atoms with Gasteiger partial charge in [0, 0.05) is 0 Å². The highest BCUT2D eigenvalue weighted by atomic mass is 31.2. The number of nitrogens with zero attached hydrogens (tertiary/aromatic N) is 4. The van der Waals surface area contributed by atoms with Gasteiger partial charge in [-0.15, -0.1) is 0 Å². The first-order valence-corrected chi connectivity index (χ1v) is 16.2. The van der Waals surface area contributed by atoms with Gasteiger partial charge in [-0.25, -0.2) is 23.4 Å². The van der Waals surface area contributed by atoms with E-state index in [0.717, 1.165) is 0 Å². The fraction of sp³-hybridized carbons (Fsp3) is 0.567. The molecule has 0 bridgehead atoms. The summed E-state index contributed by atoms with van der Waals surface area (Å²) in [4.78, 5) is 33.9. The summed E-state index contributed by atoms with van der Waals surface area (Å²) in [6.07, 6.45) is -1.32. The first-order chi connectivity index (χ1) is 21.0. The molecule has 1 aliphatic heterocycles. The fourth-order valence-electron chi connectivity index (χ4n) is 4.54. The molecule has 2 aromatic heterocycles. The molecule has 6 atom stereocenters. The van der Waals surface area contributed by atoms with Crippen molar-refractivity contribution in [2.75, 3.05) is 13.2 Å². The van der Waals surface area contributed by atoms with Crippen molar-refractivity contribution in [3.05, 3.63) is 54.2 Å². The van der Waals surface area contributed by atoms with Gasteiger partial charge < -0.3 is 18.7 Å². The van der Waals surface area contributed by atoms with E-state index in [2.05, 4.69) is 20.2 Å². The van der Waals surface area contributed by atoms with E-state index >= 15 is 4.39 Å². The number of fused-ring (bicyclic) bond motifs is 1. The molecule has 1 aromatic carbocycles. The average Bonchev–Trinajstić information content (AvgIpc) is 3.49. The molecule has 0 spiro atoms. The maximum Gasteiger partial charge on any atom is 0.459 e. The van der Waals surface area contributed by atoms with E-state index < -0.39 is 62.2 Å². The Balaban J connectivity index is 1.62. The Morgan fingerprint density at radius 1 is 1.16 bits per heavy atom. The van der Waals surface area contributed by atoms with Crippen LogP contribution < -0.4 is 9.61 Å². The Morgan fingerprint density at radius 2 is 1.84 bits per heavy atom. The molecule has 1 fully saturated rings. The summed E-state index contributed by atoms with van der Waals surface area (Å²) in [5.74, 6) is -1.71. The van der Waals surface area contributed by atoms with Crippen molar-refractivity contribution in [3.63, 3.8) is 0 Å². The highest BCUT2D eigenvalue weighted by molar-refractivity contribution is 7.52. The van der Waals surface area contributed by atoms with Crippen molar-refractivity contribution < 1.29 is 41.8 Å². The van der Waals surface area contributed by atoms with E-state index in [-0.39, 0.29) is 23.5 Å². The molecule has 1 unspecified atom stereocenters. The number of aromatic nitrogens is 4. The number of halogens is 1. The summed E-state index contributed by atoms with van der Waals surface area (Å²) in [5.41, 5.74) is -1.36. The number of aryl methyl sites for hydroxylation is 1. The zero-order valence-electron chi connectivity index (χ0n) is 26.7. The molecule has 0 aliphatic carbocycles. The van der Waals surface area contributed by atoms with Crippen LogP contribution in [0.4, 0.5) is 4.39 Å². The van der Waals surface area contributed by atoms with Gasteiger partial charge in [-0.3, -0.25) is 14.1 Å². The first kappa shape index (κ1) is 34.4. The standard InChI is InChI=1S/C30H41FN5O8P/c1-18(2)27(37)43-25-23(42-24(30(25,8)31)22-14-32-26-19(3)33-17-34-36(22)26)15-41-45(39,44-21-12-10-9-11-13-21)35-20(4)28(38)40-16-29(5,6)7/h9-14,17-18,20,23-25H,15-16H2,1-8H3,(H,35,39)/t20-,23+,24-,25+,30-,45?/m0/s1. The fourth-order valence-corrected chi connectivity index (χ4v) is 6.04. The number of rotatable bonds is 12. The van der Waals surface area contributed by atoms with Crippen molar-refractivity contribution in [2.24, 2.45) is 11.3 Å². The van der Waals surface area contributed by atoms with Gasteiger partial charge in [0.15, 0.2) is 17.4 Å². The van der Waals surface area contributed by atoms with Gasteiger partial charge in [-0.2, -0.15) is 10.2 Å². The van der Waals surface area contributed by atoms with Crippen molar-refractivity contribution in [1.82, 2.24) is 24.7 Å². The molecule has 1 aliphatic rings. The zero-order chi connectivity index (χ0) is 33.2. The Morgan fingerprint density at radius 3 is 2.49 bits per heavy atom.